The maximum atomic E-state index is 13.1. The van der Waals surface area contributed by atoms with Gasteiger partial charge in [-0.3, -0.25) is 14.3 Å². The minimum Gasteiger partial charge on any atom is -0.347 e. The molecule has 2 atom stereocenters. The van der Waals surface area contributed by atoms with Gasteiger partial charge in [-0.25, -0.2) is 4.98 Å². The van der Waals surface area contributed by atoms with E-state index in [-0.39, 0.29) is 23.8 Å². The van der Waals surface area contributed by atoms with Crippen molar-refractivity contribution >= 4 is 23.2 Å². The van der Waals surface area contributed by atoms with Crippen LogP contribution in [0.25, 0.3) is 0 Å². The fourth-order valence-electron chi connectivity index (χ4n) is 3.66. The second kappa shape index (κ2) is 9.00. The van der Waals surface area contributed by atoms with Crippen LogP contribution >= 0.6 is 11.3 Å². The number of likely N-dealkylation sites (tertiary alicyclic amines) is 1. The number of aromatic nitrogens is 3. The molecule has 3 heterocycles. The Bertz CT molecular complexity index is 927. The van der Waals surface area contributed by atoms with Crippen molar-refractivity contribution < 1.29 is 9.59 Å². The summed E-state index contributed by atoms with van der Waals surface area (Å²) >= 11 is 1.44. The normalized spacial score (nSPS) is 17.7. The fourth-order valence-corrected chi connectivity index (χ4v) is 4.35. The summed E-state index contributed by atoms with van der Waals surface area (Å²) in [5, 5.41) is 9.24. The van der Waals surface area contributed by atoms with Crippen LogP contribution in [0.3, 0.4) is 0 Å². The molecule has 2 amide bonds. The second-order valence-electron chi connectivity index (χ2n) is 7.16. The van der Waals surface area contributed by atoms with Crippen molar-refractivity contribution in [2.45, 2.75) is 25.4 Å². The quantitative estimate of drug-likeness (QED) is 0.679. The summed E-state index contributed by atoms with van der Waals surface area (Å²) in [6, 6.07) is 13.3. The van der Waals surface area contributed by atoms with Crippen molar-refractivity contribution in [1.29, 1.82) is 0 Å². The number of nitrogens with one attached hydrogen (secondary N) is 1. The third-order valence-corrected chi connectivity index (χ3v) is 6.02. The molecule has 7 nitrogen and oxygen atoms in total. The molecule has 1 aliphatic rings. The van der Waals surface area contributed by atoms with Gasteiger partial charge in [0.05, 0.1) is 23.4 Å². The first-order chi connectivity index (χ1) is 14.2. The smallest absolute Gasteiger partial charge is 0.263 e. The van der Waals surface area contributed by atoms with E-state index >= 15 is 0 Å². The topological polar surface area (TPSA) is 80.1 Å². The van der Waals surface area contributed by atoms with Gasteiger partial charge in [-0.05, 0) is 29.9 Å². The Balaban J connectivity index is 1.44. The number of hydrogen-bond donors (Lipinski definition) is 1. The summed E-state index contributed by atoms with van der Waals surface area (Å²) in [6.45, 7) is 1.65. The predicted molar refractivity (Wildman–Crippen MR) is 110 cm³/mol. The van der Waals surface area contributed by atoms with Gasteiger partial charge >= 0.3 is 0 Å². The zero-order valence-electron chi connectivity index (χ0n) is 16.0. The van der Waals surface area contributed by atoms with Crippen molar-refractivity contribution in [2.24, 2.45) is 5.92 Å². The minimum atomic E-state index is -0.214. The molecular formula is C21H23N5O2S. The monoisotopic (exact) mass is 409 g/mol. The lowest BCUT2D eigenvalue weighted by molar-refractivity contribution is -0.127. The first-order valence-electron chi connectivity index (χ1n) is 9.71. The molecule has 0 radical (unpaired) electrons. The van der Waals surface area contributed by atoms with Gasteiger partial charge < -0.3 is 10.2 Å². The van der Waals surface area contributed by atoms with Gasteiger partial charge in [0.25, 0.3) is 5.91 Å². The van der Waals surface area contributed by atoms with Crippen LogP contribution in [-0.2, 0) is 11.3 Å². The SMILES string of the molecule is O=C(NC(Cn1cncn1)c1ccccc1)C1CCCN(C(=O)c2cccs2)C1. The molecule has 8 heteroatoms. The van der Waals surface area contributed by atoms with Crippen LogP contribution in [0.5, 0.6) is 0 Å². The molecule has 0 spiro atoms. The summed E-state index contributed by atoms with van der Waals surface area (Å²) in [5.74, 6) is -0.225. The van der Waals surface area contributed by atoms with E-state index in [4.69, 9.17) is 0 Å². The second-order valence-corrected chi connectivity index (χ2v) is 8.10. The molecule has 0 bridgehead atoms. The highest BCUT2D eigenvalue weighted by Gasteiger charge is 2.30. The predicted octanol–water partition coefficient (Wildman–Crippen LogP) is 2.75. The van der Waals surface area contributed by atoms with Gasteiger partial charge in [0, 0.05) is 13.1 Å². The molecule has 1 aromatic carbocycles. The van der Waals surface area contributed by atoms with Crippen molar-refractivity contribution in [3.63, 3.8) is 0 Å². The molecule has 150 valence electrons. The summed E-state index contributed by atoms with van der Waals surface area (Å²) in [6.07, 6.45) is 4.74. The Labute approximate surface area is 173 Å². The number of thiophene rings is 1. The summed E-state index contributed by atoms with van der Waals surface area (Å²) in [5.41, 5.74) is 1.01. The summed E-state index contributed by atoms with van der Waals surface area (Å²) < 4.78 is 1.71. The lowest BCUT2D eigenvalue weighted by atomic mass is 9.96. The Hall–Kier alpha value is -3.00. The standard InChI is InChI=1S/C21H23N5O2S/c27-20(17-8-4-10-25(12-17)21(28)19-9-5-11-29-19)24-18(13-26-15-22-14-23-26)16-6-2-1-3-7-16/h1-3,5-7,9,11,14-15,17-18H,4,8,10,12-13H2,(H,24,27). The largest absolute Gasteiger partial charge is 0.347 e. The maximum absolute atomic E-state index is 13.1. The summed E-state index contributed by atoms with van der Waals surface area (Å²) in [7, 11) is 0. The van der Waals surface area contributed by atoms with E-state index in [9.17, 15) is 9.59 Å². The number of amides is 2. The molecule has 3 aromatic rings. The summed E-state index contributed by atoms with van der Waals surface area (Å²) in [4.78, 5) is 32.3. The molecule has 1 fully saturated rings. The van der Waals surface area contributed by atoms with Crippen LogP contribution in [-0.4, -0.2) is 44.6 Å². The van der Waals surface area contributed by atoms with E-state index in [1.807, 2.05) is 47.8 Å². The van der Waals surface area contributed by atoms with E-state index in [1.165, 1.54) is 17.7 Å². The molecule has 2 unspecified atom stereocenters. The van der Waals surface area contributed by atoms with Crippen molar-refractivity contribution in [3.05, 3.63) is 70.9 Å². The Morgan fingerprint density at radius 2 is 2.07 bits per heavy atom. The van der Waals surface area contributed by atoms with Gasteiger partial charge in [-0.1, -0.05) is 36.4 Å². The minimum absolute atomic E-state index is 0.0136. The average molecular weight is 410 g/mol. The number of carbonyl (C=O) groups is 2. The number of benzene rings is 1. The number of rotatable bonds is 6. The number of nitrogens with zero attached hydrogens (tertiary/aromatic N) is 4. The fraction of sp³-hybridized carbons (Fsp3) is 0.333. The highest BCUT2D eigenvalue weighted by Crippen LogP contribution is 2.22. The Morgan fingerprint density at radius 1 is 1.21 bits per heavy atom. The van der Waals surface area contributed by atoms with Crippen LogP contribution in [0.2, 0.25) is 0 Å². The van der Waals surface area contributed by atoms with E-state index in [2.05, 4.69) is 15.4 Å². The lowest BCUT2D eigenvalue weighted by Gasteiger charge is -2.32. The van der Waals surface area contributed by atoms with Crippen molar-refractivity contribution in [1.82, 2.24) is 25.0 Å². The van der Waals surface area contributed by atoms with Gasteiger partial charge in [-0.2, -0.15) is 5.10 Å². The van der Waals surface area contributed by atoms with Crippen LogP contribution in [0.1, 0.15) is 34.1 Å². The Kier molecular flexibility index (Phi) is 6.00. The van der Waals surface area contributed by atoms with Crippen LogP contribution in [0, 0.1) is 5.92 Å². The van der Waals surface area contributed by atoms with E-state index < -0.39 is 0 Å². The Morgan fingerprint density at radius 3 is 2.79 bits per heavy atom. The van der Waals surface area contributed by atoms with Crippen molar-refractivity contribution in [3.8, 4) is 0 Å². The zero-order chi connectivity index (χ0) is 20.1. The highest BCUT2D eigenvalue weighted by atomic mass is 32.1. The first kappa shape index (κ1) is 19.3. The number of carbonyl (C=O) groups excluding carboxylic acids is 2. The van der Waals surface area contributed by atoms with Crippen LogP contribution < -0.4 is 5.32 Å². The molecule has 1 aliphatic heterocycles. The molecule has 1 N–H and O–H groups in total. The molecule has 1 saturated heterocycles. The first-order valence-corrected chi connectivity index (χ1v) is 10.6. The van der Waals surface area contributed by atoms with Gasteiger partial charge in [-0.15, -0.1) is 11.3 Å². The third-order valence-electron chi connectivity index (χ3n) is 5.17. The zero-order valence-corrected chi connectivity index (χ0v) is 16.8. The van der Waals surface area contributed by atoms with Crippen LogP contribution in [0.4, 0.5) is 0 Å². The molecule has 0 aliphatic carbocycles. The van der Waals surface area contributed by atoms with Crippen molar-refractivity contribution in [2.75, 3.05) is 13.1 Å². The van der Waals surface area contributed by atoms with E-state index in [1.54, 1.807) is 15.9 Å². The van der Waals surface area contributed by atoms with E-state index in [0.717, 1.165) is 23.3 Å². The van der Waals surface area contributed by atoms with Crippen LogP contribution in [0.15, 0.2) is 60.5 Å². The maximum Gasteiger partial charge on any atom is 0.263 e. The lowest BCUT2D eigenvalue weighted by Crippen LogP contribution is -2.46. The van der Waals surface area contributed by atoms with Gasteiger partial charge in [0.1, 0.15) is 12.7 Å². The highest BCUT2D eigenvalue weighted by molar-refractivity contribution is 7.12. The van der Waals surface area contributed by atoms with Gasteiger partial charge in [0.2, 0.25) is 5.91 Å². The molecular weight excluding hydrogens is 386 g/mol. The molecule has 2 aromatic heterocycles. The molecule has 4 rings (SSSR count). The van der Waals surface area contributed by atoms with E-state index in [0.29, 0.717) is 19.6 Å². The van der Waals surface area contributed by atoms with Gasteiger partial charge in [0.15, 0.2) is 0 Å². The number of hydrogen-bond acceptors (Lipinski definition) is 5. The third kappa shape index (κ3) is 4.71. The molecule has 0 saturated carbocycles. The molecule has 29 heavy (non-hydrogen) atoms. The number of piperidine rings is 1. The average Bonchev–Trinajstić information content (AvgIpc) is 3.48.